The largest absolute Gasteiger partial charge is 0.490 e. The minimum Gasteiger partial charge on any atom is -0.490 e. The first-order chi connectivity index (χ1) is 14.8. The minimum absolute atomic E-state index is 0.108. The molecule has 0 bridgehead atoms. The summed E-state index contributed by atoms with van der Waals surface area (Å²) in [4.78, 5) is 37.3. The van der Waals surface area contributed by atoms with Gasteiger partial charge < -0.3 is 14.6 Å². The maximum atomic E-state index is 13.3. The van der Waals surface area contributed by atoms with Gasteiger partial charge in [-0.1, -0.05) is 29.8 Å². The maximum Gasteiger partial charge on any atom is 0.341 e. The zero-order chi connectivity index (χ0) is 22.5. The summed E-state index contributed by atoms with van der Waals surface area (Å²) in [5.74, 6) is -1.78. The number of carboxylic acids is 1. The molecule has 0 saturated carbocycles. The van der Waals surface area contributed by atoms with Crippen LogP contribution in [0.15, 0.2) is 41.3 Å². The van der Waals surface area contributed by atoms with Gasteiger partial charge in [0.15, 0.2) is 18.1 Å². The number of aliphatic carboxylic acids is 1. The van der Waals surface area contributed by atoms with Crippen molar-refractivity contribution >= 4 is 46.6 Å². The highest BCUT2D eigenvalue weighted by atomic mass is 35.5. The molecule has 7 nitrogen and oxygen atoms in total. The zero-order valence-corrected chi connectivity index (χ0v) is 17.8. The molecule has 162 valence electrons. The van der Waals surface area contributed by atoms with Crippen LogP contribution >= 0.6 is 23.4 Å². The van der Waals surface area contributed by atoms with Crippen LogP contribution in [0.4, 0.5) is 9.18 Å². The van der Waals surface area contributed by atoms with Gasteiger partial charge in [-0.3, -0.25) is 14.5 Å². The van der Waals surface area contributed by atoms with Gasteiger partial charge in [-0.25, -0.2) is 9.18 Å². The molecule has 2 aromatic carbocycles. The normalized spacial score (nSPS) is 14.9. The van der Waals surface area contributed by atoms with Gasteiger partial charge in [-0.05, 0) is 48.5 Å². The Kier molecular flexibility index (Phi) is 7.19. The molecule has 1 fully saturated rings. The molecule has 10 heteroatoms. The van der Waals surface area contributed by atoms with E-state index in [4.69, 9.17) is 26.2 Å². The number of carbonyl (C=O) groups is 3. The average Bonchev–Trinajstić information content (AvgIpc) is 2.97. The SMILES string of the molecule is CCOc1cccc(/C=C2\SC(=O)N(Cc3ccc(F)cc3Cl)C2=O)c1OCC(=O)O. The number of rotatable bonds is 8. The molecule has 1 saturated heterocycles. The molecule has 1 heterocycles. The van der Waals surface area contributed by atoms with Gasteiger partial charge in [0.25, 0.3) is 11.1 Å². The lowest BCUT2D eigenvalue weighted by molar-refractivity contribution is -0.139. The molecule has 3 rings (SSSR count). The highest BCUT2D eigenvalue weighted by molar-refractivity contribution is 8.18. The lowest BCUT2D eigenvalue weighted by atomic mass is 10.1. The lowest BCUT2D eigenvalue weighted by Crippen LogP contribution is -2.27. The van der Waals surface area contributed by atoms with Crippen LogP contribution in [0.5, 0.6) is 11.5 Å². The molecule has 1 aliphatic heterocycles. The van der Waals surface area contributed by atoms with Crippen molar-refractivity contribution in [1.82, 2.24) is 4.90 Å². The van der Waals surface area contributed by atoms with E-state index in [1.165, 1.54) is 18.2 Å². The van der Waals surface area contributed by atoms with Gasteiger partial charge in [-0.2, -0.15) is 0 Å². The van der Waals surface area contributed by atoms with Crippen molar-refractivity contribution in [3.8, 4) is 11.5 Å². The van der Waals surface area contributed by atoms with Gasteiger partial charge in [0, 0.05) is 10.6 Å². The van der Waals surface area contributed by atoms with Crippen molar-refractivity contribution < 1.29 is 33.4 Å². The van der Waals surface area contributed by atoms with E-state index in [9.17, 15) is 18.8 Å². The number of carboxylic acid groups (broad SMARTS) is 1. The van der Waals surface area contributed by atoms with E-state index in [1.807, 2.05) is 0 Å². The maximum absolute atomic E-state index is 13.3. The summed E-state index contributed by atoms with van der Waals surface area (Å²) in [6, 6.07) is 8.60. The van der Waals surface area contributed by atoms with E-state index in [0.717, 1.165) is 22.7 Å². The third-order valence-corrected chi connectivity index (χ3v) is 5.41. The van der Waals surface area contributed by atoms with E-state index >= 15 is 0 Å². The van der Waals surface area contributed by atoms with Crippen molar-refractivity contribution in [2.45, 2.75) is 13.5 Å². The summed E-state index contributed by atoms with van der Waals surface area (Å²) in [5.41, 5.74) is 0.813. The molecule has 1 N–H and O–H groups in total. The predicted octanol–water partition coefficient (Wildman–Crippen LogP) is 4.58. The van der Waals surface area contributed by atoms with E-state index < -0.39 is 29.5 Å². The number of nitrogens with zero attached hydrogens (tertiary/aromatic N) is 1. The van der Waals surface area contributed by atoms with Gasteiger partial charge in [0.2, 0.25) is 0 Å². The summed E-state index contributed by atoms with van der Waals surface area (Å²) >= 11 is 6.73. The molecule has 0 spiro atoms. The Labute approximate surface area is 186 Å². The quantitative estimate of drug-likeness (QED) is 0.570. The number of hydrogen-bond acceptors (Lipinski definition) is 6. The molecule has 2 aromatic rings. The summed E-state index contributed by atoms with van der Waals surface area (Å²) in [6.45, 7) is 1.37. The molecule has 31 heavy (non-hydrogen) atoms. The molecule has 2 amide bonds. The Hall–Kier alpha value is -3.04. The van der Waals surface area contributed by atoms with E-state index in [2.05, 4.69) is 0 Å². The number of halogens is 2. The number of imide groups is 1. The molecule has 1 aliphatic rings. The van der Waals surface area contributed by atoms with Crippen molar-refractivity contribution in [2.24, 2.45) is 0 Å². The number of amides is 2. The third kappa shape index (κ3) is 5.36. The summed E-state index contributed by atoms with van der Waals surface area (Å²) < 4.78 is 24.1. The van der Waals surface area contributed by atoms with Gasteiger partial charge in [-0.15, -0.1) is 0 Å². The van der Waals surface area contributed by atoms with Crippen LogP contribution in [0.1, 0.15) is 18.1 Å². The van der Waals surface area contributed by atoms with E-state index in [1.54, 1.807) is 25.1 Å². The smallest absolute Gasteiger partial charge is 0.341 e. The summed E-state index contributed by atoms with van der Waals surface area (Å²) in [6.07, 6.45) is 1.44. The Morgan fingerprint density at radius 3 is 2.71 bits per heavy atom. The van der Waals surface area contributed by atoms with Crippen LogP contribution in [0, 0.1) is 5.82 Å². The predicted molar refractivity (Wildman–Crippen MR) is 114 cm³/mol. The van der Waals surface area contributed by atoms with Gasteiger partial charge in [0.05, 0.1) is 18.1 Å². The summed E-state index contributed by atoms with van der Waals surface area (Å²) in [5, 5.41) is 8.54. The second kappa shape index (κ2) is 9.84. The first-order valence-corrected chi connectivity index (χ1v) is 10.3. The second-order valence-corrected chi connectivity index (χ2v) is 7.69. The van der Waals surface area contributed by atoms with Gasteiger partial charge in [0.1, 0.15) is 5.82 Å². The fourth-order valence-electron chi connectivity index (χ4n) is 2.80. The first kappa shape index (κ1) is 22.6. The van der Waals surface area contributed by atoms with Crippen molar-refractivity contribution in [3.63, 3.8) is 0 Å². The minimum atomic E-state index is -1.17. The van der Waals surface area contributed by atoms with Gasteiger partial charge >= 0.3 is 5.97 Å². The number of ether oxygens (including phenoxy) is 2. The average molecular weight is 466 g/mol. The number of thioether (sulfide) groups is 1. The van der Waals surface area contributed by atoms with Crippen molar-refractivity contribution in [2.75, 3.05) is 13.2 Å². The van der Waals surface area contributed by atoms with Crippen LogP contribution in [-0.2, 0) is 16.1 Å². The highest BCUT2D eigenvalue weighted by Crippen LogP contribution is 2.38. The summed E-state index contributed by atoms with van der Waals surface area (Å²) in [7, 11) is 0. The monoisotopic (exact) mass is 465 g/mol. The van der Waals surface area contributed by atoms with Crippen molar-refractivity contribution in [1.29, 1.82) is 0 Å². The topological polar surface area (TPSA) is 93.1 Å². The van der Waals surface area contributed by atoms with E-state index in [0.29, 0.717) is 23.5 Å². The number of carbonyl (C=O) groups excluding carboxylic acids is 2. The highest BCUT2D eigenvalue weighted by Gasteiger charge is 2.35. The lowest BCUT2D eigenvalue weighted by Gasteiger charge is -2.14. The van der Waals surface area contributed by atoms with Crippen LogP contribution in [0.2, 0.25) is 5.02 Å². The molecule has 0 aliphatic carbocycles. The number of para-hydroxylation sites is 1. The fourth-order valence-corrected chi connectivity index (χ4v) is 3.86. The molecule has 0 aromatic heterocycles. The zero-order valence-electron chi connectivity index (χ0n) is 16.3. The Morgan fingerprint density at radius 2 is 2.03 bits per heavy atom. The standard InChI is InChI=1S/C21H17ClFNO6S/c1-2-29-16-5-3-4-12(19(16)30-11-18(25)26)8-17-20(27)24(21(28)31-17)10-13-6-7-14(23)9-15(13)22/h3-9H,2,10-11H2,1H3,(H,25,26)/b17-8-. The molecular formula is C21H17ClFNO6S. The van der Waals surface area contributed by atoms with Crippen LogP contribution in [-0.4, -0.2) is 40.3 Å². The van der Waals surface area contributed by atoms with Crippen molar-refractivity contribution in [3.05, 3.63) is 63.3 Å². The Balaban J connectivity index is 1.90. The first-order valence-electron chi connectivity index (χ1n) is 9.09. The number of hydrogen-bond donors (Lipinski definition) is 1. The Bertz CT molecular complexity index is 1070. The van der Waals surface area contributed by atoms with Crippen LogP contribution in [0.3, 0.4) is 0 Å². The second-order valence-electron chi connectivity index (χ2n) is 6.29. The fraction of sp³-hybridized carbons (Fsp3) is 0.190. The van der Waals surface area contributed by atoms with E-state index in [-0.39, 0.29) is 22.2 Å². The van der Waals surface area contributed by atoms with Crippen LogP contribution in [0.25, 0.3) is 6.08 Å². The molecule has 0 atom stereocenters. The van der Waals surface area contributed by atoms with Crippen LogP contribution < -0.4 is 9.47 Å². The number of benzene rings is 2. The molecule has 0 radical (unpaired) electrons. The Morgan fingerprint density at radius 1 is 1.26 bits per heavy atom. The molecular weight excluding hydrogens is 449 g/mol. The third-order valence-electron chi connectivity index (χ3n) is 4.15. The molecule has 0 unspecified atom stereocenters.